The number of rotatable bonds is 5. The van der Waals surface area contributed by atoms with Crippen molar-refractivity contribution in [1.29, 1.82) is 5.26 Å². The molecule has 4 heterocycles. The van der Waals surface area contributed by atoms with E-state index in [1.807, 2.05) is 33.2 Å². The van der Waals surface area contributed by atoms with Crippen molar-refractivity contribution in [3.05, 3.63) is 35.3 Å². The summed E-state index contributed by atoms with van der Waals surface area (Å²) in [6.45, 7) is 11.6. The molecule has 1 fully saturated rings. The minimum atomic E-state index is -0.125. The second-order valence-corrected chi connectivity index (χ2v) is 7.57. The fourth-order valence-electron chi connectivity index (χ4n) is 3.97. The average molecular weight is 436 g/mol. The molecule has 0 radical (unpaired) electrons. The van der Waals surface area contributed by atoms with E-state index in [-0.39, 0.29) is 12.0 Å². The van der Waals surface area contributed by atoms with Crippen LogP contribution in [0.2, 0.25) is 0 Å². The van der Waals surface area contributed by atoms with Gasteiger partial charge in [0.15, 0.2) is 0 Å². The molecule has 1 aliphatic rings. The number of nitrogens with zero attached hydrogens (tertiary/aromatic N) is 6. The molecule has 9 heteroatoms. The van der Waals surface area contributed by atoms with E-state index in [1.54, 1.807) is 6.92 Å². The Bertz CT molecular complexity index is 1110. The van der Waals surface area contributed by atoms with E-state index < -0.39 is 0 Å². The van der Waals surface area contributed by atoms with Gasteiger partial charge in [-0.25, -0.2) is 9.97 Å². The molecule has 1 unspecified atom stereocenters. The SMILES string of the molecule is CC.CCC(Nc1nc(N)nc(C)c1C#N)c1nc2ccn(C)c2cc1N1CCNCC1. The lowest BCUT2D eigenvalue weighted by molar-refractivity contribution is 0.584. The largest absolute Gasteiger partial charge is 0.368 e. The maximum absolute atomic E-state index is 9.60. The molecule has 0 saturated carbocycles. The van der Waals surface area contributed by atoms with Crippen LogP contribution in [0, 0.1) is 18.3 Å². The summed E-state index contributed by atoms with van der Waals surface area (Å²) in [5.74, 6) is 0.605. The molecule has 9 nitrogen and oxygen atoms in total. The molecule has 170 valence electrons. The monoisotopic (exact) mass is 435 g/mol. The number of hydrogen-bond acceptors (Lipinski definition) is 8. The van der Waals surface area contributed by atoms with Crippen molar-refractivity contribution in [3.8, 4) is 6.07 Å². The van der Waals surface area contributed by atoms with Crippen LogP contribution in [0.1, 0.15) is 50.2 Å². The molecular weight excluding hydrogens is 402 g/mol. The quantitative estimate of drug-likeness (QED) is 0.559. The van der Waals surface area contributed by atoms with Gasteiger partial charge in [-0.1, -0.05) is 20.8 Å². The molecule has 0 aliphatic carbocycles. The molecule has 32 heavy (non-hydrogen) atoms. The third-order valence-corrected chi connectivity index (χ3v) is 5.60. The summed E-state index contributed by atoms with van der Waals surface area (Å²) in [6, 6.07) is 6.32. The zero-order valence-corrected chi connectivity index (χ0v) is 19.6. The Morgan fingerprint density at radius 2 is 1.97 bits per heavy atom. The lowest BCUT2D eigenvalue weighted by Gasteiger charge is -2.32. The highest BCUT2D eigenvalue weighted by atomic mass is 15.2. The summed E-state index contributed by atoms with van der Waals surface area (Å²) in [6.07, 6.45) is 2.80. The number of aromatic nitrogens is 4. The molecule has 4 N–H and O–H groups in total. The van der Waals surface area contributed by atoms with E-state index in [9.17, 15) is 5.26 Å². The van der Waals surface area contributed by atoms with Gasteiger partial charge in [0.2, 0.25) is 5.95 Å². The topological polar surface area (TPSA) is 121 Å². The van der Waals surface area contributed by atoms with Crippen molar-refractivity contribution in [3.63, 3.8) is 0 Å². The summed E-state index contributed by atoms with van der Waals surface area (Å²) in [5, 5.41) is 16.4. The van der Waals surface area contributed by atoms with E-state index in [2.05, 4.69) is 49.1 Å². The van der Waals surface area contributed by atoms with Gasteiger partial charge in [0.05, 0.1) is 34.2 Å². The second-order valence-electron chi connectivity index (χ2n) is 7.57. The number of fused-ring (bicyclic) bond motifs is 1. The van der Waals surface area contributed by atoms with Gasteiger partial charge < -0.3 is 25.8 Å². The summed E-state index contributed by atoms with van der Waals surface area (Å²) >= 11 is 0. The first-order chi connectivity index (χ1) is 15.5. The van der Waals surface area contributed by atoms with Crippen molar-refractivity contribution in [1.82, 2.24) is 24.8 Å². The highest BCUT2D eigenvalue weighted by molar-refractivity contribution is 5.81. The lowest BCUT2D eigenvalue weighted by atomic mass is 10.1. The van der Waals surface area contributed by atoms with Crippen LogP contribution < -0.4 is 21.3 Å². The van der Waals surface area contributed by atoms with Gasteiger partial charge in [-0.2, -0.15) is 10.2 Å². The number of piperazine rings is 1. The standard InChI is InChI=1S/C21H27N9.C2H6/c1-4-15(27-20-14(12-22)13(2)25-21(23)28-20)19-18(30-9-6-24-7-10-30)11-17-16(26-19)5-8-29(17)3;1-2/h5,8,11,15,24H,4,6-7,9-10H2,1-3H3,(H3,23,25,27,28);1-2H3. The number of nitrogens with two attached hydrogens (primary N) is 1. The number of aryl methyl sites for hydroxylation is 2. The van der Waals surface area contributed by atoms with Crippen LogP contribution in [-0.2, 0) is 7.05 Å². The Balaban J connectivity index is 0.00000141. The molecule has 3 aromatic heterocycles. The first-order valence-electron chi connectivity index (χ1n) is 11.2. The van der Waals surface area contributed by atoms with Crippen LogP contribution in [-0.4, -0.2) is 45.7 Å². The highest BCUT2D eigenvalue weighted by Gasteiger charge is 2.24. The maximum Gasteiger partial charge on any atom is 0.222 e. The van der Waals surface area contributed by atoms with Gasteiger partial charge in [0.1, 0.15) is 17.5 Å². The molecular formula is C23H33N9. The van der Waals surface area contributed by atoms with Crippen LogP contribution in [0.3, 0.4) is 0 Å². The lowest BCUT2D eigenvalue weighted by Crippen LogP contribution is -2.44. The first-order valence-corrected chi connectivity index (χ1v) is 11.2. The van der Waals surface area contributed by atoms with Crippen LogP contribution in [0.25, 0.3) is 11.0 Å². The normalized spacial score (nSPS) is 14.4. The third-order valence-electron chi connectivity index (χ3n) is 5.60. The van der Waals surface area contributed by atoms with Crippen molar-refractivity contribution >= 4 is 28.5 Å². The number of nitrogen functional groups attached to an aromatic ring is 1. The van der Waals surface area contributed by atoms with Gasteiger partial charge in [-0.3, -0.25) is 0 Å². The summed E-state index contributed by atoms with van der Waals surface area (Å²) in [5.41, 5.74) is 11.0. The van der Waals surface area contributed by atoms with Crippen molar-refractivity contribution in [2.45, 2.75) is 40.2 Å². The summed E-state index contributed by atoms with van der Waals surface area (Å²) < 4.78 is 2.09. The number of hydrogen-bond donors (Lipinski definition) is 3. The van der Waals surface area contributed by atoms with Crippen LogP contribution in [0.15, 0.2) is 18.3 Å². The van der Waals surface area contributed by atoms with Crippen molar-refractivity contribution in [2.75, 3.05) is 42.1 Å². The molecule has 0 amide bonds. The molecule has 0 bridgehead atoms. The smallest absolute Gasteiger partial charge is 0.222 e. The molecule has 1 atom stereocenters. The first kappa shape index (κ1) is 23.3. The van der Waals surface area contributed by atoms with Gasteiger partial charge in [-0.05, 0) is 25.5 Å². The fourth-order valence-corrected chi connectivity index (χ4v) is 3.97. The average Bonchev–Trinajstić information content (AvgIpc) is 3.18. The molecule has 1 aliphatic heterocycles. The Hall–Kier alpha value is -3.38. The Morgan fingerprint density at radius 3 is 2.62 bits per heavy atom. The fraction of sp³-hybridized carbons (Fsp3) is 0.478. The van der Waals surface area contributed by atoms with E-state index in [0.29, 0.717) is 17.1 Å². The van der Waals surface area contributed by atoms with Crippen molar-refractivity contribution in [2.24, 2.45) is 7.05 Å². The minimum absolute atomic E-state index is 0.125. The molecule has 1 saturated heterocycles. The Morgan fingerprint density at radius 1 is 1.25 bits per heavy atom. The maximum atomic E-state index is 9.60. The summed E-state index contributed by atoms with van der Waals surface area (Å²) in [4.78, 5) is 15.8. The number of nitrogens with one attached hydrogen (secondary N) is 2. The van der Waals surface area contributed by atoms with E-state index in [1.165, 1.54) is 0 Å². The summed E-state index contributed by atoms with van der Waals surface area (Å²) in [7, 11) is 2.03. The van der Waals surface area contributed by atoms with Gasteiger partial charge in [-0.15, -0.1) is 0 Å². The van der Waals surface area contributed by atoms with E-state index >= 15 is 0 Å². The van der Waals surface area contributed by atoms with Gasteiger partial charge >= 0.3 is 0 Å². The minimum Gasteiger partial charge on any atom is -0.368 e. The predicted octanol–water partition coefficient (Wildman–Crippen LogP) is 3.12. The molecule has 0 spiro atoms. The zero-order valence-electron chi connectivity index (χ0n) is 19.6. The van der Waals surface area contributed by atoms with Crippen LogP contribution >= 0.6 is 0 Å². The van der Waals surface area contributed by atoms with Crippen LogP contribution in [0.4, 0.5) is 17.5 Å². The van der Waals surface area contributed by atoms with E-state index in [4.69, 9.17) is 10.7 Å². The van der Waals surface area contributed by atoms with Gasteiger partial charge in [0, 0.05) is 39.4 Å². The second kappa shape index (κ2) is 10.3. The number of nitriles is 1. The zero-order chi connectivity index (χ0) is 23.3. The van der Waals surface area contributed by atoms with E-state index in [0.717, 1.165) is 55.0 Å². The molecule has 3 aromatic rings. The van der Waals surface area contributed by atoms with Gasteiger partial charge in [0.25, 0.3) is 0 Å². The number of anilines is 3. The Labute approximate surface area is 189 Å². The third kappa shape index (κ3) is 4.60. The van der Waals surface area contributed by atoms with Crippen LogP contribution in [0.5, 0.6) is 0 Å². The number of pyridine rings is 1. The molecule has 4 rings (SSSR count). The van der Waals surface area contributed by atoms with Crippen molar-refractivity contribution < 1.29 is 0 Å². The molecule has 0 aromatic carbocycles. The predicted molar refractivity (Wildman–Crippen MR) is 130 cm³/mol. The Kier molecular flexibility index (Phi) is 7.49. The highest BCUT2D eigenvalue weighted by Crippen LogP contribution is 2.33.